The fourth-order valence-corrected chi connectivity index (χ4v) is 2.26. The van der Waals surface area contributed by atoms with Gasteiger partial charge in [0.15, 0.2) is 0 Å². The van der Waals surface area contributed by atoms with Crippen LogP contribution in [-0.4, -0.2) is 42.6 Å². The number of nitrogens with two attached hydrogens (primary N) is 1. The summed E-state index contributed by atoms with van der Waals surface area (Å²) in [5.41, 5.74) is 7.26. The SMILES string of the molecule is COCCN1C[C@@H](Cc2ccc(N)cn2)CC1=O. The smallest absolute Gasteiger partial charge is 0.223 e. The number of nitrogen functional groups attached to an aromatic ring is 1. The van der Waals surface area contributed by atoms with Crippen molar-refractivity contribution >= 4 is 11.6 Å². The Kier molecular flexibility index (Phi) is 4.15. The fourth-order valence-electron chi connectivity index (χ4n) is 2.26. The van der Waals surface area contributed by atoms with E-state index in [0.29, 0.717) is 31.2 Å². The highest BCUT2D eigenvalue weighted by Gasteiger charge is 2.29. The zero-order valence-electron chi connectivity index (χ0n) is 10.6. The largest absolute Gasteiger partial charge is 0.397 e. The van der Waals surface area contributed by atoms with Gasteiger partial charge < -0.3 is 15.4 Å². The summed E-state index contributed by atoms with van der Waals surface area (Å²) >= 11 is 0. The first-order valence-electron chi connectivity index (χ1n) is 6.16. The number of anilines is 1. The lowest BCUT2D eigenvalue weighted by molar-refractivity contribution is -0.128. The quantitative estimate of drug-likeness (QED) is 0.834. The van der Waals surface area contributed by atoms with E-state index in [1.54, 1.807) is 13.3 Å². The van der Waals surface area contributed by atoms with Crippen LogP contribution in [0.4, 0.5) is 5.69 Å². The summed E-state index contributed by atoms with van der Waals surface area (Å²) in [7, 11) is 1.65. The van der Waals surface area contributed by atoms with Crippen LogP contribution in [0.3, 0.4) is 0 Å². The monoisotopic (exact) mass is 249 g/mol. The molecule has 0 radical (unpaired) electrons. The highest BCUT2D eigenvalue weighted by Crippen LogP contribution is 2.21. The van der Waals surface area contributed by atoms with Crippen molar-refractivity contribution < 1.29 is 9.53 Å². The van der Waals surface area contributed by atoms with Crippen molar-refractivity contribution in [3.05, 3.63) is 24.0 Å². The van der Waals surface area contributed by atoms with Gasteiger partial charge >= 0.3 is 0 Å². The molecule has 0 aromatic carbocycles. The molecule has 5 heteroatoms. The summed E-state index contributed by atoms with van der Waals surface area (Å²) in [5, 5.41) is 0. The molecule has 0 spiro atoms. The van der Waals surface area contributed by atoms with Crippen LogP contribution in [0.15, 0.2) is 18.3 Å². The van der Waals surface area contributed by atoms with Gasteiger partial charge in [0.2, 0.25) is 5.91 Å². The van der Waals surface area contributed by atoms with E-state index in [2.05, 4.69) is 4.98 Å². The first-order valence-corrected chi connectivity index (χ1v) is 6.16. The molecular formula is C13H19N3O2. The number of hydrogen-bond donors (Lipinski definition) is 1. The predicted octanol–water partition coefficient (Wildman–Crippen LogP) is 0.701. The van der Waals surface area contributed by atoms with Gasteiger partial charge in [-0.3, -0.25) is 9.78 Å². The molecule has 2 rings (SSSR count). The third-order valence-corrected chi connectivity index (χ3v) is 3.21. The van der Waals surface area contributed by atoms with E-state index in [1.165, 1.54) is 0 Å². The number of rotatable bonds is 5. The van der Waals surface area contributed by atoms with E-state index in [0.717, 1.165) is 18.7 Å². The third kappa shape index (κ3) is 3.20. The van der Waals surface area contributed by atoms with Crippen molar-refractivity contribution in [1.29, 1.82) is 0 Å². The molecule has 98 valence electrons. The number of carbonyl (C=O) groups excluding carboxylic acids is 1. The number of pyridine rings is 1. The van der Waals surface area contributed by atoms with Crippen molar-refractivity contribution in [3.8, 4) is 0 Å². The Morgan fingerprint density at radius 1 is 1.56 bits per heavy atom. The van der Waals surface area contributed by atoms with E-state index in [9.17, 15) is 4.79 Å². The lowest BCUT2D eigenvalue weighted by atomic mass is 10.0. The molecule has 0 unspecified atom stereocenters. The van der Waals surface area contributed by atoms with Gasteiger partial charge in [-0.25, -0.2) is 0 Å². The van der Waals surface area contributed by atoms with Gasteiger partial charge in [0, 0.05) is 32.3 Å². The second-order valence-electron chi connectivity index (χ2n) is 4.69. The molecule has 1 aliphatic heterocycles. The van der Waals surface area contributed by atoms with Crippen LogP contribution in [0.2, 0.25) is 0 Å². The number of ether oxygens (including phenoxy) is 1. The second kappa shape index (κ2) is 5.82. The molecule has 1 aromatic rings. The maximum Gasteiger partial charge on any atom is 0.223 e. The number of methoxy groups -OCH3 is 1. The molecule has 18 heavy (non-hydrogen) atoms. The molecule has 1 aliphatic rings. The van der Waals surface area contributed by atoms with Crippen LogP contribution >= 0.6 is 0 Å². The Labute approximate surface area is 107 Å². The summed E-state index contributed by atoms with van der Waals surface area (Å²) in [6.45, 7) is 2.08. The summed E-state index contributed by atoms with van der Waals surface area (Å²) in [6, 6.07) is 3.78. The van der Waals surface area contributed by atoms with Crippen molar-refractivity contribution in [3.63, 3.8) is 0 Å². The van der Waals surface area contributed by atoms with Crippen LogP contribution in [0.5, 0.6) is 0 Å². The minimum absolute atomic E-state index is 0.215. The van der Waals surface area contributed by atoms with E-state index < -0.39 is 0 Å². The Balaban J connectivity index is 1.88. The highest BCUT2D eigenvalue weighted by atomic mass is 16.5. The second-order valence-corrected chi connectivity index (χ2v) is 4.69. The molecule has 1 atom stereocenters. The topological polar surface area (TPSA) is 68.5 Å². The van der Waals surface area contributed by atoms with Crippen molar-refractivity contribution in [2.24, 2.45) is 5.92 Å². The molecule has 1 aromatic heterocycles. The first-order chi connectivity index (χ1) is 8.69. The van der Waals surface area contributed by atoms with E-state index >= 15 is 0 Å². The first kappa shape index (κ1) is 12.8. The van der Waals surface area contributed by atoms with Gasteiger partial charge in [0.05, 0.1) is 18.5 Å². The van der Waals surface area contributed by atoms with Crippen LogP contribution in [0, 0.1) is 5.92 Å². The van der Waals surface area contributed by atoms with Crippen LogP contribution < -0.4 is 5.73 Å². The zero-order chi connectivity index (χ0) is 13.0. The minimum atomic E-state index is 0.215. The van der Waals surface area contributed by atoms with Crippen molar-refractivity contribution in [1.82, 2.24) is 9.88 Å². The van der Waals surface area contributed by atoms with Gasteiger partial charge in [0.25, 0.3) is 0 Å². The molecule has 1 amide bonds. The van der Waals surface area contributed by atoms with Gasteiger partial charge in [-0.1, -0.05) is 0 Å². The standard InChI is InChI=1S/C13H19N3O2/c1-18-5-4-16-9-10(7-13(16)17)6-12-3-2-11(14)8-15-12/h2-3,8,10H,4-7,9,14H2,1H3/t10-/m0/s1. The molecule has 1 saturated heterocycles. The average Bonchev–Trinajstić information content (AvgIpc) is 2.70. The number of likely N-dealkylation sites (tertiary alicyclic amines) is 1. The summed E-state index contributed by atoms with van der Waals surface area (Å²) in [6.07, 6.45) is 3.10. The van der Waals surface area contributed by atoms with Crippen molar-refractivity contribution in [2.45, 2.75) is 12.8 Å². The molecule has 1 fully saturated rings. The average molecular weight is 249 g/mol. The maximum atomic E-state index is 11.8. The number of carbonyl (C=O) groups is 1. The Morgan fingerprint density at radius 3 is 3.06 bits per heavy atom. The van der Waals surface area contributed by atoms with Gasteiger partial charge in [-0.2, -0.15) is 0 Å². The number of amides is 1. The predicted molar refractivity (Wildman–Crippen MR) is 68.9 cm³/mol. The molecule has 2 heterocycles. The van der Waals surface area contributed by atoms with E-state index in [4.69, 9.17) is 10.5 Å². The number of aromatic nitrogens is 1. The lowest BCUT2D eigenvalue weighted by Gasteiger charge is -2.15. The lowest BCUT2D eigenvalue weighted by Crippen LogP contribution is -2.28. The highest BCUT2D eigenvalue weighted by molar-refractivity contribution is 5.78. The fraction of sp³-hybridized carbons (Fsp3) is 0.538. The van der Waals surface area contributed by atoms with Gasteiger partial charge in [-0.15, -0.1) is 0 Å². The normalized spacial score (nSPS) is 19.5. The molecule has 0 aliphatic carbocycles. The Hall–Kier alpha value is -1.62. The third-order valence-electron chi connectivity index (χ3n) is 3.21. The minimum Gasteiger partial charge on any atom is -0.397 e. The van der Waals surface area contributed by atoms with Crippen LogP contribution in [0.25, 0.3) is 0 Å². The number of hydrogen-bond acceptors (Lipinski definition) is 4. The molecule has 0 saturated carbocycles. The molecule has 0 bridgehead atoms. The van der Waals surface area contributed by atoms with Crippen LogP contribution in [0.1, 0.15) is 12.1 Å². The summed E-state index contributed by atoms with van der Waals surface area (Å²) < 4.78 is 5.00. The van der Waals surface area contributed by atoms with Gasteiger partial charge in [-0.05, 0) is 24.5 Å². The Bertz CT molecular complexity index is 405. The maximum absolute atomic E-state index is 11.8. The molecular weight excluding hydrogens is 230 g/mol. The van der Waals surface area contributed by atoms with Crippen LogP contribution in [-0.2, 0) is 16.0 Å². The zero-order valence-corrected chi connectivity index (χ0v) is 10.6. The van der Waals surface area contributed by atoms with E-state index in [1.807, 2.05) is 17.0 Å². The number of nitrogens with zero attached hydrogens (tertiary/aromatic N) is 2. The molecule has 5 nitrogen and oxygen atoms in total. The van der Waals surface area contributed by atoms with Crippen molar-refractivity contribution in [2.75, 3.05) is 32.5 Å². The van der Waals surface area contributed by atoms with E-state index in [-0.39, 0.29) is 5.91 Å². The Morgan fingerprint density at radius 2 is 2.39 bits per heavy atom. The molecule has 2 N–H and O–H groups in total. The summed E-state index contributed by atoms with van der Waals surface area (Å²) in [5.74, 6) is 0.568. The van der Waals surface area contributed by atoms with Gasteiger partial charge in [0.1, 0.15) is 0 Å². The summed E-state index contributed by atoms with van der Waals surface area (Å²) in [4.78, 5) is 17.9.